The number of halogens is 1. The van der Waals surface area contributed by atoms with Crippen LogP contribution in [0.4, 0.5) is 5.69 Å². The van der Waals surface area contributed by atoms with Gasteiger partial charge in [0.2, 0.25) is 0 Å². The average Bonchev–Trinajstić information content (AvgIpc) is 3.46. The van der Waals surface area contributed by atoms with Crippen LogP contribution >= 0.6 is 15.9 Å². The van der Waals surface area contributed by atoms with Gasteiger partial charge in [-0.25, -0.2) is 0 Å². The number of ether oxygens (including phenoxy) is 2. The van der Waals surface area contributed by atoms with Gasteiger partial charge >= 0.3 is 0 Å². The zero-order chi connectivity index (χ0) is 19.2. The summed E-state index contributed by atoms with van der Waals surface area (Å²) >= 11 is 3.55. The predicted molar refractivity (Wildman–Crippen MR) is 110 cm³/mol. The largest absolute Gasteiger partial charge is 0.490 e. The highest BCUT2D eigenvalue weighted by molar-refractivity contribution is 9.10. The van der Waals surface area contributed by atoms with Crippen LogP contribution in [-0.2, 0) is 11.3 Å². The zero-order valence-electron chi connectivity index (χ0n) is 15.7. The smallest absolute Gasteiger partial charge is 0.262 e. The molecule has 1 aliphatic carbocycles. The number of rotatable bonds is 9. The van der Waals surface area contributed by atoms with Gasteiger partial charge in [0.25, 0.3) is 5.91 Å². The number of anilines is 1. The topological polar surface area (TPSA) is 59.6 Å². The van der Waals surface area contributed by atoms with Crippen molar-refractivity contribution < 1.29 is 14.3 Å². The van der Waals surface area contributed by atoms with Crippen LogP contribution in [0.1, 0.15) is 30.9 Å². The molecule has 1 aliphatic rings. The van der Waals surface area contributed by atoms with Gasteiger partial charge in [0.05, 0.1) is 11.1 Å². The lowest BCUT2D eigenvalue weighted by Crippen LogP contribution is -2.20. The first-order valence-corrected chi connectivity index (χ1v) is 10.0. The van der Waals surface area contributed by atoms with E-state index >= 15 is 0 Å². The summed E-state index contributed by atoms with van der Waals surface area (Å²) in [5.74, 6) is 0.973. The SMILES string of the molecule is CCOc1cc(CNC2CC2)cc(Br)c1OCC(=O)Nc1ccc(C)cc1. The number of nitrogens with one attached hydrogen (secondary N) is 2. The van der Waals surface area contributed by atoms with Crippen molar-refractivity contribution >= 4 is 27.5 Å². The molecular weight excluding hydrogens is 408 g/mol. The summed E-state index contributed by atoms with van der Waals surface area (Å²) in [6.07, 6.45) is 2.49. The quantitative estimate of drug-likeness (QED) is 0.615. The maximum Gasteiger partial charge on any atom is 0.262 e. The molecule has 0 unspecified atom stereocenters. The summed E-state index contributed by atoms with van der Waals surface area (Å²) < 4.78 is 12.3. The van der Waals surface area contributed by atoms with Crippen molar-refractivity contribution in [3.63, 3.8) is 0 Å². The average molecular weight is 433 g/mol. The molecule has 2 aromatic carbocycles. The van der Waals surface area contributed by atoms with Crippen molar-refractivity contribution in [2.24, 2.45) is 0 Å². The number of carbonyl (C=O) groups excluding carboxylic acids is 1. The molecule has 0 atom stereocenters. The van der Waals surface area contributed by atoms with E-state index in [0.717, 1.165) is 27.8 Å². The van der Waals surface area contributed by atoms with E-state index in [4.69, 9.17) is 9.47 Å². The lowest BCUT2D eigenvalue weighted by molar-refractivity contribution is -0.118. The van der Waals surface area contributed by atoms with E-state index < -0.39 is 0 Å². The normalized spacial score (nSPS) is 13.3. The van der Waals surface area contributed by atoms with Crippen LogP contribution in [0.25, 0.3) is 0 Å². The standard InChI is InChI=1S/C21H25BrN2O3/c1-3-26-19-11-15(12-23-16-8-9-16)10-18(22)21(19)27-13-20(25)24-17-6-4-14(2)5-7-17/h4-7,10-11,16,23H,3,8-9,12-13H2,1-2H3,(H,24,25). The molecule has 0 radical (unpaired) electrons. The Labute approximate surface area is 168 Å². The van der Waals surface area contributed by atoms with E-state index in [9.17, 15) is 4.79 Å². The molecule has 2 aromatic rings. The molecule has 1 amide bonds. The number of aryl methyl sites for hydroxylation is 1. The Bertz CT molecular complexity index is 789. The molecule has 0 bridgehead atoms. The fourth-order valence-corrected chi connectivity index (χ4v) is 3.25. The van der Waals surface area contributed by atoms with Gasteiger partial charge in [0.1, 0.15) is 0 Å². The maximum absolute atomic E-state index is 12.2. The van der Waals surface area contributed by atoms with Gasteiger partial charge < -0.3 is 20.1 Å². The van der Waals surface area contributed by atoms with Crippen molar-refractivity contribution in [3.8, 4) is 11.5 Å². The van der Waals surface area contributed by atoms with E-state index in [0.29, 0.717) is 24.1 Å². The lowest BCUT2D eigenvalue weighted by atomic mass is 10.2. The molecule has 1 fully saturated rings. The summed E-state index contributed by atoms with van der Waals surface area (Å²) in [6.45, 7) is 5.16. The Morgan fingerprint density at radius 2 is 1.93 bits per heavy atom. The van der Waals surface area contributed by atoms with Gasteiger partial charge in [-0.05, 0) is 72.4 Å². The Morgan fingerprint density at radius 1 is 1.19 bits per heavy atom. The molecule has 144 valence electrons. The third-order valence-corrected chi connectivity index (χ3v) is 4.81. The molecule has 0 aliphatic heterocycles. The molecule has 0 heterocycles. The van der Waals surface area contributed by atoms with Crippen LogP contribution in [0, 0.1) is 6.92 Å². The Balaban J connectivity index is 1.63. The lowest BCUT2D eigenvalue weighted by Gasteiger charge is -2.16. The highest BCUT2D eigenvalue weighted by Gasteiger charge is 2.21. The van der Waals surface area contributed by atoms with E-state index in [2.05, 4.69) is 26.6 Å². The monoisotopic (exact) mass is 432 g/mol. The Morgan fingerprint density at radius 3 is 2.59 bits per heavy atom. The second-order valence-electron chi connectivity index (χ2n) is 6.70. The van der Waals surface area contributed by atoms with E-state index in [1.54, 1.807) is 0 Å². The molecule has 0 saturated heterocycles. The molecule has 0 spiro atoms. The third-order valence-electron chi connectivity index (χ3n) is 4.22. The summed E-state index contributed by atoms with van der Waals surface area (Å²) in [5, 5.41) is 6.32. The van der Waals surface area contributed by atoms with Gasteiger partial charge in [-0.15, -0.1) is 0 Å². The van der Waals surface area contributed by atoms with Gasteiger partial charge in [-0.3, -0.25) is 4.79 Å². The second kappa shape index (κ2) is 9.24. The molecule has 1 saturated carbocycles. The molecule has 2 N–H and O–H groups in total. The number of carbonyl (C=O) groups is 1. The van der Waals surface area contributed by atoms with Crippen molar-refractivity contribution in [1.29, 1.82) is 0 Å². The van der Waals surface area contributed by atoms with Crippen molar-refractivity contribution in [1.82, 2.24) is 5.32 Å². The van der Waals surface area contributed by atoms with Gasteiger partial charge in [-0.1, -0.05) is 17.7 Å². The van der Waals surface area contributed by atoms with Crippen LogP contribution in [0.5, 0.6) is 11.5 Å². The van der Waals surface area contributed by atoms with Crippen molar-refractivity contribution in [2.75, 3.05) is 18.5 Å². The molecule has 3 rings (SSSR count). The number of amides is 1. The van der Waals surface area contributed by atoms with Crippen LogP contribution < -0.4 is 20.1 Å². The summed E-state index contributed by atoms with van der Waals surface area (Å²) in [5.41, 5.74) is 3.01. The Hall–Kier alpha value is -2.05. The van der Waals surface area contributed by atoms with Gasteiger partial charge in [0.15, 0.2) is 18.1 Å². The maximum atomic E-state index is 12.2. The minimum absolute atomic E-state index is 0.0911. The number of hydrogen-bond acceptors (Lipinski definition) is 4. The highest BCUT2D eigenvalue weighted by Crippen LogP contribution is 2.37. The van der Waals surface area contributed by atoms with E-state index in [1.165, 1.54) is 12.8 Å². The van der Waals surface area contributed by atoms with Crippen LogP contribution in [0.3, 0.4) is 0 Å². The molecule has 27 heavy (non-hydrogen) atoms. The first-order valence-electron chi connectivity index (χ1n) is 9.23. The fourth-order valence-electron chi connectivity index (χ4n) is 2.65. The first kappa shape index (κ1) is 19.7. The van der Waals surface area contributed by atoms with Gasteiger partial charge in [0, 0.05) is 18.3 Å². The number of hydrogen-bond donors (Lipinski definition) is 2. The van der Waals surface area contributed by atoms with Crippen LogP contribution in [-0.4, -0.2) is 25.2 Å². The summed E-state index contributed by atoms with van der Waals surface area (Å²) in [7, 11) is 0. The summed E-state index contributed by atoms with van der Waals surface area (Å²) in [6, 6.07) is 12.3. The first-order chi connectivity index (χ1) is 13.0. The molecule has 0 aromatic heterocycles. The third kappa shape index (κ3) is 5.97. The molecule has 5 nitrogen and oxygen atoms in total. The highest BCUT2D eigenvalue weighted by atomic mass is 79.9. The van der Waals surface area contributed by atoms with Crippen LogP contribution in [0.15, 0.2) is 40.9 Å². The zero-order valence-corrected chi connectivity index (χ0v) is 17.3. The van der Waals surface area contributed by atoms with Gasteiger partial charge in [-0.2, -0.15) is 0 Å². The summed E-state index contributed by atoms with van der Waals surface area (Å²) in [4.78, 5) is 12.2. The fraction of sp³-hybridized carbons (Fsp3) is 0.381. The van der Waals surface area contributed by atoms with Crippen molar-refractivity contribution in [2.45, 2.75) is 39.3 Å². The predicted octanol–water partition coefficient (Wildman–Crippen LogP) is 4.43. The molecular formula is C21H25BrN2O3. The Kier molecular flexibility index (Phi) is 6.74. The van der Waals surface area contributed by atoms with E-state index in [1.807, 2.05) is 50.2 Å². The minimum atomic E-state index is -0.215. The molecule has 6 heteroatoms. The second-order valence-corrected chi connectivity index (χ2v) is 7.55. The van der Waals surface area contributed by atoms with Crippen LogP contribution in [0.2, 0.25) is 0 Å². The van der Waals surface area contributed by atoms with Crippen molar-refractivity contribution in [3.05, 3.63) is 52.0 Å². The number of benzene rings is 2. The minimum Gasteiger partial charge on any atom is -0.490 e. The van der Waals surface area contributed by atoms with E-state index in [-0.39, 0.29) is 12.5 Å².